The highest BCUT2D eigenvalue weighted by Crippen LogP contribution is 1.82. The predicted molar refractivity (Wildman–Crippen MR) is 42.0 cm³/mol. The fraction of sp³-hybridized carbons (Fsp3) is 0.429. The maximum Gasteiger partial charge on any atom is 0.223 e. The summed E-state index contributed by atoms with van der Waals surface area (Å²) in [4.78, 5) is 15.8. The van der Waals surface area contributed by atoms with E-state index in [0.29, 0.717) is 0 Å². The van der Waals surface area contributed by atoms with Crippen LogP contribution in [0.15, 0.2) is 17.3 Å². The van der Waals surface area contributed by atoms with Gasteiger partial charge in [0.25, 0.3) is 0 Å². The van der Waals surface area contributed by atoms with Crippen molar-refractivity contribution in [1.82, 2.24) is 4.90 Å². The van der Waals surface area contributed by atoms with Crippen LogP contribution in [-0.4, -0.2) is 31.1 Å². The van der Waals surface area contributed by atoms with Crippen molar-refractivity contribution in [2.24, 2.45) is 4.99 Å². The van der Waals surface area contributed by atoms with Crippen molar-refractivity contribution in [3.63, 3.8) is 0 Å². The molecule has 0 heterocycles. The van der Waals surface area contributed by atoms with Gasteiger partial charge in [-0.3, -0.25) is 9.79 Å². The number of carbonyl (C=O) groups excluding carboxylic acids is 1. The molecule has 0 saturated heterocycles. The number of amides is 1. The van der Waals surface area contributed by atoms with Crippen LogP contribution in [0, 0.1) is 0 Å². The predicted octanol–water partition coefficient (Wildman–Crippen LogP) is 0.679. The Balaban J connectivity index is 3.77. The van der Waals surface area contributed by atoms with Gasteiger partial charge in [-0.2, -0.15) is 0 Å². The van der Waals surface area contributed by atoms with E-state index in [1.165, 1.54) is 11.8 Å². The minimum atomic E-state index is 0.0146. The maximum absolute atomic E-state index is 10.6. The summed E-state index contributed by atoms with van der Waals surface area (Å²) in [5.74, 6) is 0.0146. The summed E-state index contributed by atoms with van der Waals surface area (Å²) in [6.45, 7) is 1.51. The smallest absolute Gasteiger partial charge is 0.223 e. The number of hydrogen-bond donors (Lipinski definition) is 0. The molecule has 0 atom stereocenters. The third kappa shape index (κ3) is 3.83. The molecule has 0 unspecified atom stereocenters. The van der Waals surface area contributed by atoms with E-state index in [4.69, 9.17) is 0 Å². The second-order valence-corrected chi connectivity index (χ2v) is 1.88. The molecule has 0 spiro atoms. The number of rotatable bonds is 2. The average molecular weight is 140 g/mol. The number of allylic oxidation sites excluding steroid dienone is 1. The molecule has 1 amide bonds. The van der Waals surface area contributed by atoms with Gasteiger partial charge in [0.15, 0.2) is 0 Å². The molecule has 56 valence electrons. The second-order valence-electron chi connectivity index (χ2n) is 1.88. The molecular weight excluding hydrogens is 128 g/mol. The Hall–Kier alpha value is -1.12. The lowest BCUT2D eigenvalue weighted by Gasteiger charge is -2.05. The van der Waals surface area contributed by atoms with Gasteiger partial charge in [-0.25, -0.2) is 0 Å². The molecule has 0 aliphatic rings. The van der Waals surface area contributed by atoms with Gasteiger partial charge in [-0.1, -0.05) is 0 Å². The highest BCUT2D eigenvalue weighted by Gasteiger charge is 1.92. The third-order valence-corrected chi connectivity index (χ3v) is 1.04. The van der Waals surface area contributed by atoms with Crippen LogP contribution < -0.4 is 0 Å². The molecule has 0 aliphatic heterocycles. The van der Waals surface area contributed by atoms with Crippen LogP contribution in [0.25, 0.3) is 0 Å². The Bertz CT molecular complexity index is 161. The molecule has 0 fully saturated rings. The van der Waals surface area contributed by atoms with Gasteiger partial charge in [-0.15, -0.1) is 0 Å². The lowest BCUT2D eigenvalue weighted by atomic mass is 10.5. The summed E-state index contributed by atoms with van der Waals surface area (Å²) in [6.07, 6.45) is 5.00. The average Bonchev–Trinajstić information content (AvgIpc) is 1.88. The third-order valence-electron chi connectivity index (χ3n) is 1.04. The van der Waals surface area contributed by atoms with Crippen LogP contribution in [0.3, 0.4) is 0 Å². The van der Waals surface area contributed by atoms with Gasteiger partial charge in [0.05, 0.1) is 0 Å². The van der Waals surface area contributed by atoms with E-state index < -0.39 is 0 Å². The lowest BCUT2D eigenvalue weighted by molar-refractivity contribution is -0.125. The van der Waals surface area contributed by atoms with E-state index >= 15 is 0 Å². The van der Waals surface area contributed by atoms with Crippen LogP contribution in [0.2, 0.25) is 0 Å². The topological polar surface area (TPSA) is 32.7 Å². The Morgan fingerprint density at radius 2 is 2.20 bits per heavy atom. The van der Waals surface area contributed by atoms with Gasteiger partial charge in [0, 0.05) is 33.4 Å². The summed E-state index contributed by atoms with van der Waals surface area (Å²) in [5.41, 5.74) is 0. The van der Waals surface area contributed by atoms with E-state index in [2.05, 4.69) is 4.99 Å². The van der Waals surface area contributed by atoms with Crippen molar-refractivity contribution in [3.05, 3.63) is 12.3 Å². The molecule has 0 bridgehead atoms. The van der Waals surface area contributed by atoms with Crippen LogP contribution >= 0.6 is 0 Å². The highest BCUT2D eigenvalue weighted by atomic mass is 16.2. The van der Waals surface area contributed by atoms with Gasteiger partial charge in [-0.05, 0) is 6.08 Å². The zero-order chi connectivity index (χ0) is 7.98. The fourth-order valence-electron chi connectivity index (χ4n) is 0.359. The Kier molecular flexibility index (Phi) is 4.20. The summed E-state index contributed by atoms with van der Waals surface area (Å²) < 4.78 is 0. The Labute approximate surface area is 61.1 Å². The van der Waals surface area contributed by atoms with E-state index in [9.17, 15) is 4.79 Å². The van der Waals surface area contributed by atoms with Crippen molar-refractivity contribution < 1.29 is 4.79 Å². The monoisotopic (exact) mass is 140 g/mol. The van der Waals surface area contributed by atoms with E-state index in [0.717, 1.165) is 0 Å². The van der Waals surface area contributed by atoms with Crippen molar-refractivity contribution in [2.75, 3.05) is 14.1 Å². The van der Waals surface area contributed by atoms with Gasteiger partial charge in [0.1, 0.15) is 0 Å². The first kappa shape index (κ1) is 8.88. The molecular formula is C7H12N2O. The van der Waals surface area contributed by atoms with Crippen LogP contribution in [0.5, 0.6) is 0 Å². The molecule has 0 rings (SSSR count). The normalized spacial score (nSPS) is 11.1. The largest absolute Gasteiger partial charge is 0.322 e. The van der Waals surface area contributed by atoms with E-state index in [1.807, 2.05) is 0 Å². The van der Waals surface area contributed by atoms with Crippen molar-refractivity contribution >= 4 is 12.1 Å². The molecule has 0 radical (unpaired) electrons. The number of hydrogen-bond acceptors (Lipinski definition) is 2. The zero-order valence-corrected chi connectivity index (χ0v) is 6.53. The fourth-order valence-corrected chi connectivity index (χ4v) is 0.359. The van der Waals surface area contributed by atoms with Crippen LogP contribution in [0.1, 0.15) is 6.92 Å². The van der Waals surface area contributed by atoms with Crippen LogP contribution in [-0.2, 0) is 4.79 Å². The number of nitrogens with zero attached hydrogens (tertiary/aromatic N) is 2. The van der Waals surface area contributed by atoms with Crippen LogP contribution in [0.4, 0.5) is 0 Å². The minimum Gasteiger partial charge on any atom is -0.322 e. The molecule has 10 heavy (non-hydrogen) atoms. The number of carbonyl (C=O) groups is 1. The molecule has 0 aromatic rings. The summed E-state index contributed by atoms with van der Waals surface area (Å²) >= 11 is 0. The molecule has 0 aliphatic carbocycles. The van der Waals surface area contributed by atoms with Crippen molar-refractivity contribution in [3.8, 4) is 0 Å². The molecule has 0 aromatic heterocycles. The molecule has 0 saturated carbocycles. The van der Waals surface area contributed by atoms with Gasteiger partial charge >= 0.3 is 0 Å². The van der Waals surface area contributed by atoms with Gasteiger partial charge < -0.3 is 4.90 Å². The van der Waals surface area contributed by atoms with E-state index in [1.54, 1.807) is 32.6 Å². The molecule has 0 N–H and O–H groups in total. The summed E-state index contributed by atoms with van der Waals surface area (Å²) in [6, 6.07) is 0. The van der Waals surface area contributed by atoms with E-state index in [-0.39, 0.29) is 5.91 Å². The first-order chi connectivity index (χ1) is 4.68. The van der Waals surface area contributed by atoms with Crippen molar-refractivity contribution in [2.45, 2.75) is 6.92 Å². The molecule has 3 nitrogen and oxygen atoms in total. The highest BCUT2D eigenvalue weighted by molar-refractivity contribution is 5.76. The number of aliphatic imine (C=N–C) groups is 1. The first-order valence-corrected chi connectivity index (χ1v) is 3.01. The zero-order valence-electron chi connectivity index (χ0n) is 6.53. The Morgan fingerprint density at radius 3 is 2.60 bits per heavy atom. The summed E-state index contributed by atoms with van der Waals surface area (Å²) in [5, 5.41) is 0. The molecule has 3 heteroatoms. The van der Waals surface area contributed by atoms with Gasteiger partial charge in [0.2, 0.25) is 5.91 Å². The van der Waals surface area contributed by atoms with Crippen molar-refractivity contribution in [1.29, 1.82) is 0 Å². The lowest BCUT2D eigenvalue weighted by Crippen LogP contribution is -2.16. The quantitative estimate of drug-likeness (QED) is 0.519. The second kappa shape index (κ2) is 4.73. The first-order valence-electron chi connectivity index (χ1n) is 3.01. The maximum atomic E-state index is 10.6. The minimum absolute atomic E-state index is 0.0146. The SMILES string of the molecule is C/N=C/C=C\N(C)C(C)=O. The standard InChI is InChI=1S/C7H12N2O/c1-7(10)9(3)6-4-5-8-2/h4-6H,1-3H3/b6-4-,8-5+. The summed E-state index contributed by atoms with van der Waals surface area (Å²) in [7, 11) is 3.38. The molecule has 0 aromatic carbocycles. The Morgan fingerprint density at radius 1 is 1.60 bits per heavy atom.